The second-order valence-corrected chi connectivity index (χ2v) is 7.09. The fourth-order valence-corrected chi connectivity index (χ4v) is 5.31. The number of hydrogen-bond acceptors (Lipinski definition) is 0. The van der Waals surface area contributed by atoms with Crippen molar-refractivity contribution in [2.75, 3.05) is 14.1 Å². The van der Waals surface area contributed by atoms with E-state index in [0.29, 0.717) is 0 Å². The lowest BCUT2D eigenvalue weighted by molar-refractivity contribution is -0.954. The largest absolute Gasteiger partial charge is 0.323 e. The van der Waals surface area contributed by atoms with E-state index in [4.69, 9.17) is 0 Å². The average Bonchev–Trinajstić information content (AvgIpc) is 2.29. The van der Waals surface area contributed by atoms with Gasteiger partial charge in [0.1, 0.15) is 0 Å². The highest BCUT2D eigenvalue weighted by molar-refractivity contribution is 4.89. The Balaban J connectivity index is 1.85. The molecule has 0 radical (unpaired) electrons. The van der Waals surface area contributed by atoms with E-state index in [2.05, 4.69) is 14.1 Å². The highest BCUT2D eigenvalue weighted by Gasteiger charge is 2.50. The van der Waals surface area contributed by atoms with Crippen molar-refractivity contribution >= 4 is 0 Å². The van der Waals surface area contributed by atoms with Crippen LogP contribution in [-0.2, 0) is 0 Å². The topological polar surface area (TPSA) is 0 Å². The molecular weight excluding hydrogens is 195 g/mol. The summed E-state index contributed by atoms with van der Waals surface area (Å²) in [6.45, 7) is 0. The third kappa shape index (κ3) is 1.63. The summed E-state index contributed by atoms with van der Waals surface area (Å²) in [6, 6.07) is 2.01. The molecule has 0 amide bonds. The minimum atomic E-state index is 1.01. The van der Waals surface area contributed by atoms with Gasteiger partial charge in [0, 0.05) is 11.8 Å². The van der Waals surface area contributed by atoms with Gasteiger partial charge in [0.2, 0.25) is 0 Å². The number of fused-ring (bicyclic) bond motifs is 2. The summed E-state index contributed by atoms with van der Waals surface area (Å²) in [5, 5.41) is 0. The maximum absolute atomic E-state index is 2.55. The van der Waals surface area contributed by atoms with Gasteiger partial charge in [-0.1, -0.05) is 12.8 Å². The second kappa shape index (κ2) is 4.01. The lowest BCUT2D eigenvalue weighted by Gasteiger charge is -2.57. The molecular formula is C15H28N+. The monoisotopic (exact) mass is 223 g/mol. The number of hydrogen-bond donors (Lipinski definition) is 0. The summed E-state index contributed by atoms with van der Waals surface area (Å²) >= 11 is 0. The maximum Gasteiger partial charge on any atom is 0.0916 e. The average molecular weight is 223 g/mol. The van der Waals surface area contributed by atoms with Gasteiger partial charge < -0.3 is 4.48 Å². The molecule has 5 atom stereocenters. The Kier molecular flexibility index (Phi) is 2.78. The van der Waals surface area contributed by atoms with Crippen LogP contribution in [0.3, 0.4) is 0 Å². The summed E-state index contributed by atoms with van der Waals surface area (Å²) in [5.74, 6) is 2.14. The quantitative estimate of drug-likeness (QED) is 0.435. The fraction of sp³-hybridized carbons (Fsp3) is 1.00. The van der Waals surface area contributed by atoms with Crippen LogP contribution in [0.4, 0.5) is 0 Å². The molecule has 0 aromatic heterocycles. The zero-order valence-electron chi connectivity index (χ0n) is 11.1. The molecule has 0 N–H and O–H groups in total. The normalized spacial score (nSPS) is 52.9. The Bertz CT molecular complexity index is 234. The van der Waals surface area contributed by atoms with Crippen molar-refractivity contribution in [2.45, 2.75) is 69.9 Å². The maximum atomic E-state index is 2.55. The number of quaternary nitrogens is 1. The third-order valence-corrected chi connectivity index (χ3v) is 6.05. The molecule has 3 fully saturated rings. The summed E-state index contributed by atoms with van der Waals surface area (Å²) in [6.07, 6.45) is 13.7. The van der Waals surface area contributed by atoms with Gasteiger partial charge >= 0.3 is 0 Å². The lowest BCUT2D eigenvalue weighted by Crippen LogP contribution is -2.65. The van der Waals surface area contributed by atoms with Crippen molar-refractivity contribution in [1.82, 2.24) is 0 Å². The summed E-state index contributed by atoms with van der Waals surface area (Å²) in [7, 11) is 5.09. The van der Waals surface area contributed by atoms with E-state index in [1.54, 1.807) is 6.42 Å². The first kappa shape index (κ1) is 11.1. The first-order valence-corrected chi connectivity index (χ1v) is 7.53. The molecule has 92 valence electrons. The van der Waals surface area contributed by atoms with Crippen LogP contribution < -0.4 is 0 Å². The molecule has 0 aromatic rings. The molecule has 3 aliphatic rings. The van der Waals surface area contributed by atoms with Crippen molar-refractivity contribution in [3.63, 3.8) is 0 Å². The molecule has 1 unspecified atom stereocenters. The highest BCUT2D eigenvalue weighted by Crippen LogP contribution is 2.47. The third-order valence-electron chi connectivity index (χ3n) is 6.05. The van der Waals surface area contributed by atoms with Crippen LogP contribution in [0.5, 0.6) is 0 Å². The van der Waals surface area contributed by atoms with Crippen molar-refractivity contribution < 1.29 is 4.48 Å². The first-order valence-electron chi connectivity index (χ1n) is 7.53. The molecule has 0 bridgehead atoms. The van der Waals surface area contributed by atoms with Gasteiger partial charge in [0.15, 0.2) is 0 Å². The Labute approximate surface area is 101 Å². The van der Waals surface area contributed by atoms with E-state index in [0.717, 1.165) is 23.9 Å². The molecule has 16 heavy (non-hydrogen) atoms. The van der Waals surface area contributed by atoms with Crippen LogP contribution in [0.15, 0.2) is 0 Å². The van der Waals surface area contributed by atoms with E-state index < -0.39 is 0 Å². The van der Waals surface area contributed by atoms with Crippen LogP contribution in [0.25, 0.3) is 0 Å². The number of nitrogens with zero attached hydrogens (tertiary/aromatic N) is 1. The Morgan fingerprint density at radius 1 is 0.688 bits per heavy atom. The van der Waals surface area contributed by atoms with Crippen molar-refractivity contribution in [1.29, 1.82) is 0 Å². The molecule has 1 saturated heterocycles. The molecule has 1 aliphatic heterocycles. The van der Waals surface area contributed by atoms with Gasteiger partial charge in [-0.2, -0.15) is 0 Å². The number of likely N-dealkylation sites (tertiary alicyclic amines) is 1. The minimum absolute atomic E-state index is 1.01. The van der Waals surface area contributed by atoms with Crippen LogP contribution in [0.1, 0.15) is 57.8 Å². The van der Waals surface area contributed by atoms with Crippen LogP contribution in [0, 0.1) is 11.8 Å². The van der Waals surface area contributed by atoms with E-state index in [9.17, 15) is 0 Å². The zero-order chi connectivity index (χ0) is 11.2. The summed E-state index contributed by atoms with van der Waals surface area (Å²) in [4.78, 5) is 0. The fourth-order valence-electron chi connectivity index (χ4n) is 5.31. The molecule has 1 heterocycles. The standard InChI is InChI=1S/C15H28N/c1-16(2)14-9-5-3-7-12(14)11-13-8-4-6-10-15(13)16/h12-15H,3-11H2,1-2H3/q+1/t12-,13+,14+,15-/i1+1/t12-,13+,14+,15-,16?. The first-order chi connectivity index (χ1) is 7.69. The zero-order valence-corrected chi connectivity index (χ0v) is 11.1. The number of piperidine rings is 1. The lowest BCUT2D eigenvalue weighted by atomic mass is 9.67. The van der Waals surface area contributed by atoms with Crippen LogP contribution in [-0.4, -0.2) is 30.7 Å². The highest BCUT2D eigenvalue weighted by atomic mass is 15.4. The van der Waals surface area contributed by atoms with Gasteiger partial charge in [0.25, 0.3) is 0 Å². The van der Waals surface area contributed by atoms with E-state index >= 15 is 0 Å². The number of rotatable bonds is 0. The van der Waals surface area contributed by atoms with Crippen molar-refractivity contribution in [2.24, 2.45) is 11.8 Å². The Morgan fingerprint density at radius 3 is 1.62 bits per heavy atom. The van der Waals surface area contributed by atoms with Crippen molar-refractivity contribution in [3.8, 4) is 0 Å². The second-order valence-electron chi connectivity index (χ2n) is 7.09. The van der Waals surface area contributed by atoms with Crippen molar-refractivity contribution in [3.05, 3.63) is 0 Å². The molecule has 2 saturated carbocycles. The van der Waals surface area contributed by atoms with Crippen LogP contribution in [0.2, 0.25) is 0 Å². The van der Waals surface area contributed by atoms with E-state index in [1.807, 2.05) is 0 Å². The van der Waals surface area contributed by atoms with E-state index in [-0.39, 0.29) is 0 Å². The summed E-state index contributed by atoms with van der Waals surface area (Å²) in [5.41, 5.74) is 0. The van der Waals surface area contributed by atoms with Gasteiger partial charge in [-0.05, 0) is 44.9 Å². The smallest absolute Gasteiger partial charge is 0.0916 e. The van der Waals surface area contributed by atoms with Gasteiger partial charge in [-0.25, -0.2) is 0 Å². The van der Waals surface area contributed by atoms with E-state index in [1.165, 1.54) is 55.8 Å². The van der Waals surface area contributed by atoms with Crippen LogP contribution >= 0.6 is 0 Å². The predicted molar refractivity (Wildman–Crippen MR) is 68.2 cm³/mol. The Morgan fingerprint density at radius 2 is 1.12 bits per heavy atom. The van der Waals surface area contributed by atoms with Gasteiger partial charge in [-0.15, -0.1) is 0 Å². The molecule has 0 spiro atoms. The molecule has 2 aliphatic carbocycles. The Hall–Kier alpha value is -0.0400. The molecule has 0 aromatic carbocycles. The molecule has 1 nitrogen and oxygen atoms in total. The summed E-state index contributed by atoms with van der Waals surface area (Å²) < 4.78 is 1.37. The van der Waals surface area contributed by atoms with Gasteiger partial charge in [0.05, 0.1) is 26.2 Å². The molecule has 1 heteroatoms. The SMILES string of the molecule is C[N+]1([13CH3])[C@@H]2CCCC[C@H]2C[C@H]2CCCC[C@@H]21. The molecule has 3 rings (SSSR count). The minimum Gasteiger partial charge on any atom is -0.323 e. The van der Waals surface area contributed by atoms with Gasteiger partial charge in [-0.3, -0.25) is 0 Å². The predicted octanol–water partition coefficient (Wildman–Crippen LogP) is 3.58.